The Hall–Kier alpha value is -1.26. The van der Waals surface area contributed by atoms with Gasteiger partial charge in [0.1, 0.15) is 0 Å². The van der Waals surface area contributed by atoms with Crippen LogP contribution in [0.5, 0.6) is 5.75 Å². The largest absolute Gasteiger partial charge is 0.573 e. The molecule has 21 heavy (non-hydrogen) atoms. The van der Waals surface area contributed by atoms with Gasteiger partial charge in [-0.2, -0.15) is 13.2 Å². The third kappa shape index (κ3) is 5.56. The summed E-state index contributed by atoms with van der Waals surface area (Å²) in [5.74, 6) is -2.76. The molecule has 0 aliphatic heterocycles. The van der Waals surface area contributed by atoms with E-state index in [1.165, 1.54) is 0 Å². The lowest BCUT2D eigenvalue weighted by atomic mass is 10.0. The molecule has 1 aromatic rings. The van der Waals surface area contributed by atoms with Crippen LogP contribution in [-0.2, 0) is 0 Å². The van der Waals surface area contributed by atoms with Gasteiger partial charge in [-0.3, -0.25) is 0 Å². The molecule has 0 bridgehead atoms. The van der Waals surface area contributed by atoms with Gasteiger partial charge in [0.2, 0.25) is 0 Å². The van der Waals surface area contributed by atoms with Gasteiger partial charge in [-0.1, -0.05) is 6.07 Å². The van der Waals surface area contributed by atoms with Gasteiger partial charge in [-0.15, -0.1) is 25.6 Å². The number of alkyl halides is 6. The highest BCUT2D eigenvalue weighted by Crippen LogP contribution is 2.31. The normalized spacial score (nSPS) is 15.1. The molecule has 1 rings (SSSR count). The molecule has 1 aromatic carbocycles. The average Bonchev–Trinajstić information content (AvgIpc) is 2.27. The molecular formula is C10H9ClF7NO2. The lowest BCUT2D eigenvalue weighted by Crippen LogP contribution is -2.38. The number of hydrogen-bond donors (Lipinski definition) is 2. The maximum absolute atomic E-state index is 13.3. The second kappa shape index (κ2) is 6.67. The molecule has 11 heteroatoms. The second-order valence-corrected chi connectivity index (χ2v) is 3.75. The number of nitrogens with two attached hydrogens (primary N) is 1. The predicted molar refractivity (Wildman–Crippen MR) is 59.3 cm³/mol. The topological polar surface area (TPSA) is 55.5 Å². The summed E-state index contributed by atoms with van der Waals surface area (Å²) in [4.78, 5) is 0. The molecule has 0 fully saturated rings. The van der Waals surface area contributed by atoms with E-state index in [9.17, 15) is 30.7 Å². The summed E-state index contributed by atoms with van der Waals surface area (Å²) in [7, 11) is 0. The molecule has 0 aliphatic carbocycles. The minimum Gasteiger partial charge on any atom is -0.403 e. The van der Waals surface area contributed by atoms with E-state index in [4.69, 9.17) is 10.8 Å². The van der Waals surface area contributed by atoms with Crippen molar-refractivity contribution >= 4 is 12.4 Å². The van der Waals surface area contributed by atoms with E-state index in [2.05, 4.69) is 4.74 Å². The molecule has 0 spiro atoms. The number of hydrogen-bond acceptors (Lipinski definition) is 3. The van der Waals surface area contributed by atoms with Crippen LogP contribution in [0.15, 0.2) is 18.2 Å². The van der Waals surface area contributed by atoms with Gasteiger partial charge in [-0.25, -0.2) is 4.39 Å². The summed E-state index contributed by atoms with van der Waals surface area (Å²) in [5, 5.41) is 8.87. The van der Waals surface area contributed by atoms with Crippen LogP contribution in [0, 0.1) is 5.82 Å². The Balaban J connectivity index is 0.00000400. The molecule has 0 unspecified atom stereocenters. The molecule has 122 valence electrons. The Bertz CT molecular complexity index is 477. The van der Waals surface area contributed by atoms with Gasteiger partial charge in [0.25, 0.3) is 0 Å². The summed E-state index contributed by atoms with van der Waals surface area (Å²) in [6.07, 6.45) is -13.2. The van der Waals surface area contributed by atoms with Crippen LogP contribution in [0.1, 0.15) is 11.6 Å². The van der Waals surface area contributed by atoms with Crippen molar-refractivity contribution in [1.29, 1.82) is 0 Å². The van der Waals surface area contributed by atoms with Gasteiger partial charge in [0, 0.05) is 0 Å². The van der Waals surface area contributed by atoms with Crippen molar-refractivity contribution in [3.63, 3.8) is 0 Å². The number of aliphatic hydroxyl groups is 1. The fraction of sp³-hybridized carbons (Fsp3) is 0.400. The summed E-state index contributed by atoms with van der Waals surface area (Å²) in [6.45, 7) is 0. The summed E-state index contributed by atoms with van der Waals surface area (Å²) < 4.78 is 88.7. The number of benzene rings is 1. The maximum Gasteiger partial charge on any atom is 0.573 e. The molecular weight excluding hydrogens is 335 g/mol. The second-order valence-electron chi connectivity index (χ2n) is 3.75. The van der Waals surface area contributed by atoms with Gasteiger partial charge >= 0.3 is 12.5 Å². The highest BCUT2D eigenvalue weighted by molar-refractivity contribution is 5.85. The van der Waals surface area contributed by atoms with Crippen molar-refractivity contribution in [2.75, 3.05) is 0 Å². The summed E-state index contributed by atoms with van der Waals surface area (Å²) in [5.41, 5.74) is 4.55. The Kier molecular flexibility index (Phi) is 6.27. The highest BCUT2D eigenvalue weighted by Gasteiger charge is 2.43. The molecule has 0 amide bonds. The first kappa shape index (κ1) is 19.7. The smallest absolute Gasteiger partial charge is 0.403 e. The molecule has 0 saturated heterocycles. The van der Waals surface area contributed by atoms with Gasteiger partial charge < -0.3 is 15.6 Å². The first-order chi connectivity index (χ1) is 8.92. The molecule has 3 N–H and O–H groups in total. The van der Waals surface area contributed by atoms with E-state index < -0.39 is 41.8 Å². The molecule has 0 saturated carbocycles. The van der Waals surface area contributed by atoms with Crippen LogP contribution in [0.3, 0.4) is 0 Å². The van der Waals surface area contributed by atoms with E-state index in [1.807, 2.05) is 0 Å². The van der Waals surface area contributed by atoms with Gasteiger partial charge in [0.05, 0.1) is 6.04 Å². The first-order valence-corrected chi connectivity index (χ1v) is 4.97. The van der Waals surface area contributed by atoms with Crippen LogP contribution in [0.4, 0.5) is 30.7 Å². The summed E-state index contributed by atoms with van der Waals surface area (Å²) in [6, 6.07) is -0.532. The zero-order valence-corrected chi connectivity index (χ0v) is 10.7. The van der Waals surface area contributed by atoms with Gasteiger partial charge in [0.15, 0.2) is 17.7 Å². The fourth-order valence-electron chi connectivity index (χ4n) is 1.32. The number of rotatable bonds is 3. The van der Waals surface area contributed by atoms with E-state index in [0.29, 0.717) is 18.2 Å². The van der Waals surface area contributed by atoms with Crippen molar-refractivity contribution in [2.24, 2.45) is 5.73 Å². The average molecular weight is 344 g/mol. The van der Waals surface area contributed by atoms with Crippen molar-refractivity contribution in [3.8, 4) is 5.75 Å². The zero-order valence-electron chi connectivity index (χ0n) is 9.87. The van der Waals surface area contributed by atoms with Crippen molar-refractivity contribution in [2.45, 2.75) is 24.7 Å². The number of halogens is 8. The third-order valence-corrected chi connectivity index (χ3v) is 2.24. The van der Waals surface area contributed by atoms with Crippen LogP contribution in [0.25, 0.3) is 0 Å². The Morgan fingerprint density at radius 1 is 1.10 bits per heavy atom. The van der Waals surface area contributed by atoms with E-state index in [1.54, 1.807) is 0 Å². The molecule has 0 aliphatic rings. The van der Waals surface area contributed by atoms with Crippen molar-refractivity contribution in [1.82, 2.24) is 0 Å². The summed E-state index contributed by atoms with van der Waals surface area (Å²) >= 11 is 0. The Morgan fingerprint density at radius 3 is 2.00 bits per heavy atom. The van der Waals surface area contributed by atoms with Crippen LogP contribution in [0.2, 0.25) is 0 Å². The van der Waals surface area contributed by atoms with Crippen LogP contribution in [-0.4, -0.2) is 23.7 Å². The Labute approximate surface area is 119 Å². The zero-order chi connectivity index (χ0) is 15.7. The van der Waals surface area contributed by atoms with E-state index in [-0.39, 0.29) is 12.4 Å². The first-order valence-electron chi connectivity index (χ1n) is 4.97. The van der Waals surface area contributed by atoms with E-state index in [0.717, 1.165) is 0 Å². The monoisotopic (exact) mass is 343 g/mol. The van der Waals surface area contributed by atoms with Gasteiger partial charge in [-0.05, 0) is 17.7 Å². The maximum atomic E-state index is 13.3. The molecule has 0 aromatic heterocycles. The SMILES string of the molecule is Cl.N[C@H](c1ccc(OC(F)(F)F)c(F)c1)[C@@H](O)C(F)(F)F. The molecule has 0 heterocycles. The standard InChI is InChI=1S/C10H8F7NO2.ClH/c11-5-3-4(7(18)8(19)9(12,13)14)1-2-6(5)20-10(15,16)17;/h1-3,7-8,19H,18H2;1H/t7-,8-;/m1./s1. The molecule has 2 atom stereocenters. The predicted octanol–water partition coefficient (Wildman–Crippen LogP) is 3.07. The molecule has 3 nitrogen and oxygen atoms in total. The van der Waals surface area contributed by atoms with Crippen LogP contribution < -0.4 is 10.5 Å². The fourth-order valence-corrected chi connectivity index (χ4v) is 1.32. The minimum atomic E-state index is -5.14. The lowest BCUT2D eigenvalue weighted by Gasteiger charge is -2.22. The number of ether oxygens (including phenoxy) is 1. The Morgan fingerprint density at radius 2 is 1.62 bits per heavy atom. The number of aliphatic hydroxyl groups excluding tert-OH is 1. The third-order valence-electron chi connectivity index (χ3n) is 2.24. The van der Waals surface area contributed by atoms with E-state index >= 15 is 0 Å². The highest BCUT2D eigenvalue weighted by atomic mass is 35.5. The van der Waals surface area contributed by atoms with Crippen molar-refractivity contribution < 1.29 is 40.6 Å². The quantitative estimate of drug-likeness (QED) is 0.829. The minimum absolute atomic E-state index is 0. The van der Waals surface area contributed by atoms with Crippen molar-refractivity contribution in [3.05, 3.63) is 29.6 Å². The van der Waals surface area contributed by atoms with Crippen LogP contribution >= 0.6 is 12.4 Å². The molecule has 0 radical (unpaired) electrons. The lowest BCUT2D eigenvalue weighted by molar-refractivity contribution is -0.275.